The van der Waals surface area contributed by atoms with E-state index >= 15 is 0 Å². The zero-order valence-corrected chi connectivity index (χ0v) is 14.5. The third kappa shape index (κ3) is 3.71. The fourth-order valence-electron chi connectivity index (χ4n) is 2.52. The van der Waals surface area contributed by atoms with Crippen molar-refractivity contribution in [2.24, 2.45) is 11.0 Å². The number of nitro benzene ring substituents is 1. The van der Waals surface area contributed by atoms with Crippen molar-refractivity contribution < 1.29 is 17.8 Å². The number of hydrogen-bond donors (Lipinski definition) is 1. The molecule has 9 heteroatoms. The molecular weight excluding hydrogens is 346 g/mol. The molecule has 1 N–H and O–H groups in total. The van der Waals surface area contributed by atoms with Crippen LogP contribution in [-0.2, 0) is 10.0 Å². The molecule has 1 saturated carbocycles. The zero-order valence-electron chi connectivity index (χ0n) is 13.7. The molecule has 0 radical (unpaired) electrons. The second-order valence-corrected chi connectivity index (χ2v) is 7.78. The molecule has 1 aliphatic rings. The third-order valence-electron chi connectivity index (χ3n) is 4.17. The molecule has 1 aromatic carbocycles. The molecule has 0 amide bonds. The molecule has 2 aromatic rings. The van der Waals surface area contributed by atoms with Crippen LogP contribution in [0.4, 0.5) is 5.69 Å². The summed E-state index contributed by atoms with van der Waals surface area (Å²) >= 11 is 0. The van der Waals surface area contributed by atoms with E-state index in [0.29, 0.717) is 23.2 Å². The average Bonchev–Trinajstić information content (AvgIpc) is 3.08. The summed E-state index contributed by atoms with van der Waals surface area (Å²) < 4.78 is 30.0. The van der Waals surface area contributed by atoms with Crippen LogP contribution < -0.4 is 4.83 Å². The minimum absolute atomic E-state index is 0.228. The Morgan fingerprint density at radius 2 is 2.08 bits per heavy atom. The summed E-state index contributed by atoms with van der Waals surface area (Å²) in [5.41, 5.74) is 0.117. The summed E-state index contributed by atoms with van der Waals surface area (Å²) in [5, 5.41) is 14.6. The minimum Gasteiger partial charge on any atom is -0.460 e. The molecule has 25 heavy (non-hydrogen) atoms. The van der Waals surface area contributed by atoms with Crippen LogP contribution in [-0.4, -0.2) is 19.6 Å². The van der Waals surface area contributed by atoms with Crippen molar-refractivity contribution in [2.45, 2.75) is 31.1 Å². The van der Waals surface area contributed by atoms with E-state index < -0.39 is 14.9 Å². The summed E-state index contributed by atoms with van der Waals surface area (Å²) in [6.45, 7) is 3.67. The van der Waals surface area contributed by atoms with E-state index in [1.165, 1.54) is 25.3 Å². The van der Waals surface area contributed by atoms with Crippen molar-refractivity contribution in [3.8, 4) is 0 Å². The molecule has 1 heterocycles. The number of nitro groups is 1. The first kappa shape index (κ1) is 17.2. The van der Waals surface area contributed by atoms with Crippen molar-refractivity contribution in [3.05, 3.63) is 57.5 Å². The van der Waals surface area contributed by atoms with Gasteiger partial charge in [0.05, 0.1) is 16.0 Å². The molecule has 0 unspecified atom stereocenters. The molecule has 2 atom stereocenters. The fraction of sp³-hybridized carbons (Fsp3) is 0.312. The van der Waals surface area contributed by atoms with E-state index in [1.807, 2.05) is 10.9 Å². The van der Waals surface area contributed by atoms with Gasteiger partial charge in [-0.1, -0.05) is 13.0 Å². The van der Waals surface area contributed by atoms with Crippen molar-refractivity contribution in [2.75, 3.05) is 0 Å². The number of hydrogen-bond acceptors (Lipinski definition) is 6. The van der Waals surface area contributed by atoms with Gasteiger partial charge in [-0.05, 0) is 37.5 Å². The van der Waals surface area contributed by atoms with Crippen LogP contribution >= 0.6 is 0 Å². The van der Waals surface area contributed by atoms with Crippen molar-refractivity contribution >= 4 is 21.9 Å². The highest BCUT2D eigenvalue weighted by Gasteiger charge is 2.36. The quantitative estimate of drug-likeness (QED) is 0.481. The van der Waals surface area contributed by atoms with E-state index in [9.17, 15) is 18.5 Å². The number of sulfonamides is 1. The maximum absolute atomic E-state index is 12.2. The molecule has 1 fully saturated rings. The number of rotatable bonds is 6. The number of furan rings is 1. The van der Waals surface area contributed by atoms with Gasteiger partial charge in [0, 0.05) is 17.5 Å². The molecule has 1 aromatic heterocycles. The number of nitrogens with one attached hydrogen (secondary N) is 1. The summed E-state index contributed by atoms with van der Waals surface area (Å²) in [6, 6.07) is 7.25. The Labute approximate surface area is 144 Å². The lowest BCUT2D eigenvalue weighted by molar-refractivity contribution is -0.385. The van der Waals surface area contributed by atoms with Gasteiger partial charge >= 0.3 is 0 Å². The number of benzene rings is 1. The molecule has 8 nitrogen and oxygen atoms in total. The largest absolute Gasteiger partial charge is 0.460 e. The van der Waals surface area contributed by atoms with Gasteiger partial charge in [0.2, 0.25) is 0 Å². The van der Waals surface area contributed by atoms with E-state index in [2.05, 4.69) is 12.0 Å². The first-order chi connectivity index (χ1) is 11.8. The summed E-state index contributed by atoms with van der Waals surface area (Å²) in [5.74, 6) is 2.33. The SMILES string of the molecule is Cc1ccc(S(=O)(=O)N/N=C\c2ccc([C@H]3C[C@@H]3C)o2)cc1[N+](=O)[O-]. The zero-order chi connectivity index (χ0) is 18.2. The Kier molecular flexibility index (Phi) is 4.34. The highest BCUT2D eigenvalue weighted by molar-refractivity contribution is 7.89. The Bertz CT molecular complexity index is 948. The van der Waals surface area contributed by atoms with Crippen LogP contribution in [0.25, 0.3) is 0 Å². The van der Waals surface area contributed by atoms with Crippen molar-refractivity contribution in [3.63, 3.8) is 0 Å². The summed E-state index contributed by atoms with van der Waals surface area (Å²) in [4.78, 5) is 12.1. The highest BCUT2D eigenvalue weighted by Crippen LogP contribution is 2.47. The van der Waals surface area contributed by atoms with Gasteiger partial charge in [0.25, 0.3) is 15.7 Å². The highest BCUT2D eigenvalue weighted by atomic mass is 32.2. The fourth-order valence-corrected chi connectivity index (χ4v) is 3.33. The maximum atomic E-state index is 12.2. The predicted molar refractivity (Wildman–Crippen MR) is 91.0 cm³/mol. The van der Waals surface area contributed by atoms with Crippen LogP contribution in [0.1, 0.15) is 36.3 Å². The van der Waals surface area contributed by atoms with Gasteiger partial charge in [0.1, 0.15) is 11.5 Å². The van der Waals surface area contributed by atoms with Crippen LogP contribution in [0.2, 0.25) is 0 Å². The first-order valence-electron chi connectivity index (χ1n) is 7.67. The lowest BCUT2D eigenvalue weighted by Crippen LogP contribution is -2.18. The molecular formula is C16H17N3O5S. The number of hydrazone groups is 1. The summed E-state index contributed by atoms with van der Waals surface area (Å²) in [7, 11) is -4.00. The molecule has 0 saturated heterocycles. The van der Waals surface area contributed by atoms with Crippen LogP contribution in [0.5, 0.6) is 0 Å². The Balaban J connectivity index is 1.72. The van der Waals surface area contributed by atoms with Gasteiger partial charge in [-0.2, -0.15) is 18.4 Å². The minimum atomic E-state index is -4.00. The molecule has 1 aliphatic carbocycles. The molecule has 132 valence electrons. The molecule has 0 spiro atoms. The standard InChI is InChI=1S/C16H17N3O5S/c1-10-3-5-13(8-15(10)19(20)21)25(22,23)18-17-9-12-4-6-16(24-12)14-7-11(14)2/h3-6,8-9,11,14,18H,7H2,1-2H3/b17-9-/t11-,14-/m0/s1. The average molecular weight is 363 g/mol. The van der Waals surface area contributed by atoms with Gasteiger partial charge in [-0.25, -0.2) is 0 Å². The topological polar surface area (TPSA) is 115 Å². The lowest BCUT2D eigenvalue weighted by Gasteiger charge is -2.04. The second kappa shape index (κ2) is 6.32. The van der Waals surface area contributed by atoms with Gasteiger partial charge in [-0.3, -0.25) is 10.1 Å². The van der Waals surface area contributed by atoms with E-state index in [-0.39, 0.29) is 10.6 Å². The van der Waals surface area contributed by atoms with Gasteiger partial charge in [-0.15, -0.1) is 0 Å². The normalized spacial score (nSPS) is 19.9. The van der Waals surface area contributed by atoms with Crippen LogP contribution in [0.15, 0.2) is 44.7 Å². The van der Waals surface area contributed by atoms with E-state index in [4.69, 9.17) is 4.42 Å². The smallest absolute Gasteiger partial charge is 0.276 e. The Morgan fingerprint density at radius 1 is 1.36 bits per heavy atom. The lowest BCUT2D eigenvalue weighted by atomic mass is 10.2. The monoisotopic (exact) mass is 363 g/mol. The van der Waals surface area contributed by atoms with Crippen LogP contribution in [0, 0.1) is 23.0 Å². The van der Waals surface area contributed by atoms with Gasteiger partial charge < -0.3 is 4.42 Å². The first-order valence-corrected chi connectivity index (χ1v) is 9.16. The van der Waals surface area contributed by atoms with Crippen molar-refractivity contribution in [1.29, 1.82) is 0 Å². The molecule has 0 aliphatic heterocycles. The number of nitrogens with zero attached hydrogens (tertiary/aromatic N) is 2. The third-order valence-corrected chi connectivity index (χ3v) is 5.40. The maximum Gasteiger partial charge on any atom is 0.276 e. The molecule has 3 rings (SSSR count). The summed E-state index contributed by atoms with van der Waals surface area (Å²) in [6.07, 6.45) is 2.35. The van der Waals surface area contributed by atoms with E-state index in [1.54, 1.807) is 6.07 Å². The van der Waals surface area contributed by atoms with Crippen LogP contribution in [0.3, 0.4) is 0 Å². The van der Waals surface area contributed by atoms with Crippen molar-refractivity contribution in [1.82, 2.24) is 4.83 Å². The Morgan fingerprint density at radius 3 is 2.72 bits per heavy atom. The van der Waals surface area contributed by atoms with Gasteiger partial charge in [0.15, 0.2) is 0 Å². The number of aryl methyl sites for hydroxylation is 1. The Hall–Kier alpha value is -2.68. The predicted octanol–water partition coefficient (Wildman–Crippen LogP) is 2.93. The molecule has 0 bridgehead atoms. The second-order valence-electron chi connectivity index (χ2n) is 6.12. The van der Waals surface area contributed by atoms with E-state index in [0.717, 1.165) is 18.2 Å².